The summed E-state index contributed by atoms with van der Waals surface area (Å²) < 4.78 is 1.50. The van der Waals surface area contributed by atoms with Crippen LogP contribution in [0.2, 0.25) is 0 Å². The molecule has 1 heterocycles. The van der Waals surface area contributed by atoms with E-state index < -0.39 is 0 Å². The molecule has 4 N–H and O–H groups in total. The molecule has 4 nitrogen and oxygen atoms in total. The minimum atomic E-state index is 0.0865. The number of nitrogens with two attached hydrogens (primary N) is 1. The minimum absolute atomic E-state index is 0.0865. The number of rotatable bonds is 5. The SMILES string of the molecule is NCCCc1cc(O)n(Cc2ccccc2)c1O. The van der Waals surface area contributed by atoms with Crippen molar-refractivity contribution in [3.63, 3.8) is 0 Å². The van der Waals surface area contributed by atoms with Crippen LogP contribution in [0.1, 0.15) is 17.5 Å². The molecule has 4 heteroatoms. The van der Waals surface area contributed by atoms with Gasteiger partial charge in [0.2, 0.25) is 0 Å². The summed E-state index contributed by atoms with van der Waals surface area (Å²) in [6.07, 6.45) is 1.47. The first-order valence-electron chi connectivity index (χ1n) is 6.06. The third-order valence-electron chi connectivity index (χ3n) is 2.96. The number of aryl methyl sites for hydroxylation is 1. The van der Waals surface area contributed by atoms with Crippen molar-refractivity contribution in [3.8, 4) is 11.8 Å². The lowest BCUT2D eigenvalue weighted by Gasteiger charge is -2.07. The average molecular weight is 246 g/mol. The summed E-state index contributed by atoms with van der Waals surface area (Å²) >= 11 is 0. The van der Waals surface area contributed by atoms with Crippen LogP contribution >= 0.6 is 0 Å². The van der Waals surface area contributed by atoms with Crippen LogP contribution < -0.4 is 5.73 Å². The smallest absolute Gasteiger partial charge is 0.197 e. The Labute approximate surface area is 106 Å². The quantitative estimate of drug-likeness (QED) is 0.753. The normalized spacial score (nSPS) is 10.7. The van der Waals surface area contributed by atoms with Crippen LogP contribution in [0, 0.1) is 0 Å². The topological polar surface area (TPSA) is 71.4 Å². The lowest BCUT2D eigenvalue weighted by molar-refractivity contribution is 0.375. The first kappa shape index (κ1) is 12.5. The van der Waals surface area contributed by atoms with E-state index in [1.54, 1.807) is 6.07 Å². The summed E-state index contributed by atoms with van der Waals surface area (Å²) in [7, 11) is 0. The fourth-order valence-electron chi connectivity index (χ4n) is 1.98. The highest BCUT2D eigenvalue weighted by atomic mass is 16.3. The van der Waals surface area contributed by atoms with Crippen molar-refractivity contribution in [2.45, 2.75) is 19.4 Å². The molecule has 0 aliphatic rings. The van der Waals surface area contributed by atoms with Crippen molar-refractivity contribution < 1.29 is 10.2 Å². The maximum atomic E-state index is 10.1. The predicted molar refractivity (Wildman–Crippen MR) is 70.7 cm³/mol. The Balaban J connectivity index is 2.20. The van der Waals surface area contributed by atoms with Gasteiger partial charge in [-0.2, -0.15) is 0 Å². The molecule has 2 rings (SSSR count). The van der Waals surface area contributed by atoms with Gasteiger partial charge in [-0.1, -0.05) is 30.3 Å². The Hall–Kier alpha value is -1.94. The Morgan fingerprint density at radius 2 is 1.83 bits per heavy atom. The van der Waals surface area contributed by atoms with Gasteiger partial charge in [0.25, 0.3) is 0 Å². The lowest BCUT2D eigenvalue weighted by Crippen LogP contribution is -2.01. The second-order valence-electron chi connectivity index (χ2n) is 4.32. The molecule has 0 saturated carbocycles. The molecule has 0 unspecified atom stereocenters. The largest absolute Gasteiger partial charge is 0.494 e. The van der Waals surface area contributed by atoms with E-state index in [9.17, 15) is 10.2 Å². The molecule has 0 aliphatic carbocycles. The maximum Gasteiger partial charge on any atom is 0.197 e. The van der Waals surface area contributed by atoms with E-state index in [-0.39, 0.29) is 11.8 Å². The van der Waals surface area contributed by atoms with Crippen molar-refractivity contribution in [1.29, 1.82) is 0 Å². The van der Waals surface area contributed by atoms with E-state index in [0.717, 1.165) is 17.5 Å². The molecule has 1 aromatic carbocycles. The standard InChI is InChI=1S/C14H18N2O2/c15-8-4-7-12-9-13(17)16(14(12)18)10-11-5-2-1-3-6-11/h1-3,5-6,9,17-18H,4,7-8,10,15H2. The van der Waals surface area contributed by atoms with Gasteiger partial charge in [-0.05, 0) is 24.9 Å². The monoisotopic (exact) mass is 246 g/mol. The zero-order valence-electron chi connectivity index (χ0n) is 10.2. The Morgan fingerprint density at radius 3 is 2.50 bits per heavy atom. The van der Waals surface area contributed by atoms with Gasteiger partial charge in [0.15, 0.2) is 11.8 Å². The second kappa shape index (κ2) is 5.60. The molecule has 0 saturated heterocycles. The van der Waals surface area contributed by atoms with E-state index in [4.69, 9.17) is 5.73 Å². The van der Waals surface area contributed by atoms with Crippen LogP contribution in [0.25, 0.3) is 0 Å². The van der Waals surface area contributed by atoms with Crippen molar-refractivity contribution in [1.82, 2.24) is 4.57 Å². The first-order chi connectivity index (χ1) is 8.72. The number of nitrogens with zero attached hydrogens (tertiary/aromatic N) is 1. The van der Waals surface area contributed by atoms with Crippen LogP contribution in [0.4, 0.5) is 0 Å². The third-order valence-corrected chi connectivity index (χ3v) is 2.96. The fourth-order valence-corrected chi connectivity index (χ4v) is 1.98. The second-order valence-corrected chi connectivity index (χ2v) is 4.32. The molecule has 0 spiro atoms. The molecule has 96 valence electrons. The summed E-state index contributed by atoms with van der Waals surface area (Å²) in [5, 5.41) is 19.9. The minimum Gasteiger partial charge on any atom is -0.494 e. The molecule has 0 radical (unpaired) electrons. The van der Waals surface area contributed by atoms with Crippen molar-refractivity contribution in [2.24, 2.45) is 5.73 Å². The fraction of sp³-hybridized carbons (Fsp3) is 0.286. The number of aromatic nitrogens is 1. The van der Waals surface area contributed by atoms with Gasteiger partial charge >= 0.3 is 0 Å². The number of hydrogen-bond donors (Lipinski definition) is 3. The summed E-state index contributed by atoms with van der Waals surface area (Å²) in [5.41, 5.74) is 7.22. The Bertz CT molecular complexity index is 506. The van der Waals surface area contributed by atoms with Crippen molar-refractivity contribution in [3.05, 3.63) is 47.5 Å². The van der Waals surface area contributed by atoms with Crippen LogP contribution in [-0.4, -0.2) is 21.3 Å². The molecule has 0 amide bonds. The number of aromatic hydroxyl groups is 2. The zero-order chi connectivity index (χ0) is 13.0. The molecular formula is C14H18N2O2. The third kappa shape index (κ3) is 2.65. The van der Waals surface area contributed by atoms with Gasteiger partial charge in [0, 0.05) is 11.6 Å². The Kier molecular flexibility index (Phi) is 3.89. The van der Waals surface area contributed by atoms with Crippen LogP contribution in [0.3, 0.4) is 0 Å². The molecular weight excluding hydrogens is 228 g/mol. The highest BCUT2D eigenvalue weighted by Crippen LogP contribution is 2.29. The lowest BCUT2D eigenvalue weighted by atomic mass is 10.2. The van der Waals surface area contributed by atoms with Gasteiger partial charge in [0.05, 0.1) is 6.54 Å². The highest BCUT2D eigenvalue weighted by molar-refractivity contribution is 5.36. The van der Waals surface area contributed by atoms with Gasteiger partial charge in [-0.25, -0.2) is 0 Å². The zero-order valence-corrected chi connectivity index (χ0v) is 10.2. The van der Waals surface area contributed by atoms with Crippen molar-refractivity contribution >= 4 is 0 Å². The number of hydrogen-bond acceptors (Lipinski definition) is 3. The maximum absolute atomic E-state index is 10.1. The highest BCUT2D eigenvalue weighted by Gasteiger charge is 2.13. The molecule has 0 atom stereocenters. The molecule has 0 bridgehead atoms. The van der Waals surface area contributed by atoms with Gasteiger partial charge in [-0.15, -0.1) is 0 Å². The molecule has 18 heavy (non-hydrogen) atoms. The van der Waals surface area contributed by atoms with Gasteiger partial charge in [-0.3, -0.25) is 4.57 Å². The summed E-state index contributed by atoms with van der Waals surface area (Å²) in [6.45, 7) is 1.03. The van der Waals surface area contributed by atoms with Gasteiger partial charge in [0.1, 0.15) is 0 Å². The van der Waals surface area contributed by atoms with E-state index in [1.807, 2.05) is 30.3 Å². The summed E-state index contributed by atoms with van der Waals surface area (Å²) in [4.78, 5) is 0. The molecule has 1 aromatic heterocycles. The van der Waals surface area contributed by atoms with E-state index >= 15 is 0 Å². The van der Waals surface area contributed by atoms with Crippen LogP contribution in [0.5, 0.6) is 11.8 Å². The first-order valence-corrected chi connectivity index (χ1v) is 6.06. The van der Waals surface area contributed by atoms with E-state index in [0.29, 0.717) is 19.5 Å². The summed E-state index contributed by atoms with van der Waals surface area (Å²) in [5.74, 6) is 0.216. The van der Waals surface area contributed by atoms with E-state index in [2.05, 4.69) is 0 Å². The molecule has 0 aliphatic heterocycles. The summed E-state index contributed by atoms with van der Waals surface area (Å²) in [6, 6.07) is 11.3. The molecule has 2 aromatic rings. The van der Waals surface area contributed by atoms with E-state index in [1.165, 1.54) is 4.57 Å². The van der Waals surface area contributed by atoms with Crippen LogP contribution in [0.15, 0.2) is 36.4 Å². The predicted octanol–water partition coefficient (Wildman–Crippen LogP) is 1.84. The van der Waals surface area contributed by atoms with Gasteiger partial charge < -0.3 is 15.9 Å². The number of benzene rings is 1. The van der Waals surface area contributed by atoms with Crippen LogP contribution in [-0.2, 0) is 13.0 Å². The van der Waals surface area contributed by atoms with Crippen molar-refractivity contribution in [2.75, 3.05) is 6.54 Å². The molecule has 0 fully saturated rings. The average Bonchev–Trinajstić information content (AvgIpc) is 2.65. The Morgan fingerprint density at radius 1 is 1.11 bits per heavy atom.